The molecule has 0 saturated carbocycles. The third-order valence-corrected chi connectivity index (χ3v) is 5.87. The summed E-state index contributed by atoms with van der Waals surface area (Å²) in [7, 11) is 0. The predicted molar refractivity (Wildman–Crippen MR) is 78.6 cm³/mol. The molecule has 1 aliphatic heterocycles. The van der Waals surface area contributed by atoms with Crippen molar-refractivity contribution < 1.29 is 4.79 Å². The Morgan fingerprint density at radius 3 is 1.94 bits per heavy atom. The zero-order valence-electron chi connectivity index (χ0n) is 9.65. The highest BCUT2D eigenvalue weighted by molar-refractivity contribution is 8.29. The molecule has 2 atom stereocenters. The van der Waals surface area contributed by atoms with Gasteiger partial charge in [-0.3, -0.25) is 4.79 Å². The minimum absolute atomic E-state index is 0.0265. The van der Waals surface area contributed by atoms with Gasteiger partial charge in [0.1, 0.15) is 5.25 Å². The van der Waals surface area contributed by atoms with Gasteiger partial charge in [-0.05, 0) is 11.1 Å². The number of rotatable bonds is 2. The van der Waals surface area contributed by atoms with Crippen molar-refractivity contribution in [3.05, 3.63) is 71.8 Å². The van der Waals surface area contributed by atoms with E-state index in [2.05, 4.69) is 12.1 Å². The summed E-state index contributed by atoms with van der Waals surface area (Å²) in [6, 6.07) is 20.3. The number of carbonyl (C=O) groups excluding carboxylic acids is 1. The van der Waals surface area contributed by atoms with Gasteiger partial charge in [-0.2, -0.15) is 0 Å². The molecule has 0 bridgehead atoms. The second-order valence-corrected chi connectivity index (χ2v) is 6.73. The lowest BCUT2D eigenvalue weighted by Crippen LogP contribution is -1.98. The SMILES string of the molecule is O=C1SC(c2ccccc2)SC1c1ccccc1. The summed E-state index contributed by atoms with van der Waals surface area (Å²) in [6.45, 7) is 0. The van der Waals surface area contributed by atoms with E-state index in [-0.39, 0.29) is 14.9 Å². The lowest BCUT2D eigenvalue weighted by molar-refractivity contribution is -0.110. The standard InChI is InChI=1S/C15H12OS2/c16-14-13(11-7-3-1-4-8-11)17-15(18-14)12-9-5-2-6-10-12/h1-10,13,15H. The number of benzene rings is 2. The molecule has 0 aromatic heterocycles. The van der Waals surface area contributed by atoms with E-state index in [4.69, 9.17) is 0 Å². The second-order valence-electron chi connectivity index (χ2n) is 4.11. The van der Waals surface area contributed by atoms with Crippen LogP contribution in [-0.2, 0) is 4.79 Å². The minimum atomic E-state index is -0.0265. The van der Waals surface area contributed by atoms with Gasteiger partial charge in [0.2, 0.25) is 5.12 Å². The summed E-state index contributed by atoms with van der Waals surface area (Å²) in [4.78, 5) is 12.1. The largest absolute Gasteiger partial charge is 0.286 e. The van der Waals surface area contributed by atoms with E-state index in [0.717, 1.165) is 5.56 Å². The van der Waals surface area contributed by atoms with Gasteiger partial charge in [0.15, 0.2) is 0 Å². The zero-order valence-corrected chi connectivity index (χ0v) is 11.3. The van der Waals surface area contributed by atoms with Gasteiger partial charge in [-0.25, -0.2) is 0 Å². The number of thioether (sulfide) groups is 2. The van der Waals surface area contributed by atoms with E-state index in [1.807, 2.05) is 48.5 Å². The van der Waals surface area contributed by atoms with Gasteiger partial charge in [0.05, 0.1) is 4.58 Å². The molecule has 1 heterocycles. The summed E-state index contributed by atoms with van der Waals surface area (Å²) < 4.78 is 0.226. The smallest absolute Gasteiger partial charge is 0.207 e. The molecule has 1 nitrogen and oxygen atoms in total. The fourth-order valence-corrected chi connectivity index (χ4v) is 4.90. The third-order valence-electron chi connectivity index (χ3n) is 2.87. The van der Waals surface area contributed by atoms with Crippen molar-refractivity contribution in [2.45, 2.75) is 9.83 Å². The zero-order chi connectivity index (χ0) is 12.4. The molecule has 3 heteroatoms. The Morgan fingerprint density at radius 2 is 1.33 bits per heavy atom. The van der Waals surface area contributed by atoms with Crippen molar-refractivity contribution in [3.63, 3.8) is 0 Å². The molecule has 2 aromatic carbocycles. The average molecular weight is 272 g/mol. The van der Waals surface area contributed by atoms with Crippen molar-refractivity contribution >= 4 is 28.6 Å². The van der Waals surface area contributed by atoms with Gasteiger partial charge in [0, 0.05) is 0 Å². The van der Waals surface area contributed by atoms with Crippen LogP contribution in [-0.4, -0.2) is 5.12 Å². The van der Waals surface area contributed by atoms with Gasteiger partial charge < -0.3 is 0 Å². The summed E-state index contributed by atoms with van der Waals surface area (Å²) in [5.74, 6) is 0. The molecule has 0 N–H and O–H groups in total. The number of hydrogen-bond acceptors (Lipinski definition) is 3. The molecule has 1 fully saturated rings. The molecule has 90 valence electrons. The summed E-state index contributed by atoms with van der Waals surface area (Å²) in [5, 5.41) is 0.237. The molecule has 18 heavy (non-hydrogen) atoms. The maximum absolute atomic E-state index is 12.1. The molecule has 3 rings (SSSR count). The molecule has 0 amide bonds. The monoisotopic (exact) mass is 272 g/mol. The summed E-state index contributed by atoms with van der Waals surface area (Å²) in [6.07, 6.45) is 0. The minimum Gasteiger partial charge on any atom is -0.286 e. The molecule has 2 unspecified atom stereocenters. The Labute approximate surface area is 115 Å². The first-order valence-corrected chi connectivity index (χ1v) is 7.63. The first kappa shape index (κ1) is 11.9. The Kier molecular flexibility index (Phi) is 3.43. The molecule has 0 aliphatic carbocycles. The maximum atomic E-state index is 12.1. The van der Waals surface area contributed by atoms with Crippen molar-refractivity contribution in [1.82, 2.24) is 0 Å². The van der Waals surface area contributed by atoms with Gasteiger partial charge in [0.25, 0.3) is 0 Å². The highest BCUT2D eigenvalue weighted by atomic mass is 32.2. The highest BCUT2D eigenvalue weighted by Crippen LogP contribution is 2.56. The van der Waals surface area contributed by atoms with Gasteiger partial charge in [-0.1, -0.05) is 72.4 Å². The van der Waals surface area contributed by atoms with Crippen LogP contribution in [0.3, 0.4) is 0 Å². The van der Waals surface area contributed by atoms with Crippen LogP contribution in [0.2, 0.25) is 0 Å². The van der Waals surface area contributed by atoms with Crippen LogP contribution in [0.25, 0.3) is 0 Å². The van der Waals surface area contributed by atoms with E-state index in [9.17, 15) is 4.79 Å². The first-order valence-electron chi connectivity index (χ1n) is 5.80. The second kappa shape index (κ2) is 5.21. The van der Waals surface area contributed by atoms with Gasteiger partial charge in [-0.15, -0.1) is 11.8 Å². The molecular formula is C15H12OS2. The van der Waals surface area contributed by atoms with Crippen LogP contribution in [0.5, 0.6) is 0 Å². The van der Waals surface area contributed by atoms with Crippen LogP contribution in [0.1, 0.15) is 21.0 Å². The first-order chi connectivity index (χ1) is 8.84. The van der Waals surface area contributed by atoms with Crippen molar-refractivity contribution in [2.24, 2.45) is 0 Å². The van der Waals surface area contributed by atoms with E-state index >= 15 is 0 Å². The van der Waals surface area contributed by atoms with Crippen LogP contribution in [0, 0.1) is 0 Å². The highest BCUT2D eigenvalue weighted by Gasteiger charge is 2.35. The molecule has 1 saturated heterocycles. The van der Waals surface area contributed by atoms with Crippen molar-refractivity contribution in [2.75, 3.05) is 0 Å². The number of hydrogen-bond donors (Lipinski definition) is 0. The Bertz CT molecular complexity index is 539. The van der Waals surface area contributed by atoms with Gasteiger partial charge >= 0.3 is 0 Å². The third kappa shape index (κ3) is 2.33. The molecule has 0 radical (unpaired) electrons. The van der Waals surface area contributed by atoms with E-state index in [1.54, 1.807) is 11.8 Å². The van der Waals surface area contributed by atoms with Crippen molar-refractivity contribution in [3.8, 4) is 0 Å². The van der Waals surface area contributed by atoms with Crippen LogP contribution in [0.4, 0.5) is 0 Å². The Hall–Kier alpha value is -1.19. The molecule has 1 aliphatic rings. The number of carbonyl (C=O) groups is 1. The van der Waals surface area contributed by atoms with Crippen LogP contribution < -0.4 is 0 Å². The lowest BCUT2D eigenvalue weighted by Gasteiger charge is -2.09. The summed E-state index contributed by atoms with van der Waals surface area (Å²) >= 11 is 3.18. The quantitative estimate of drug-likeness (QED) is 0.805. The van der Waals surface area contributed by atoms with E-state index in [1.165, 1.54) is 17.3 Å². The fourth-order valence-electron chi connectivity index (χ4n) is 1.97. The fraction of sp³-hybridized carbons (Fsp3) is 0.133. The van der Waals surface area contributed by atoms with Crippen LogP contribution in [0.15, 0.2) is 60.7 Å². The Morgan fingerprint density at radius 1 is 0.778 bits per heavy atom. The average Bonchev–Trinajstić information content (AvgIpc) is 2.83. The van der Waals surface area contributed by atoms with E-state index < -0.39 is 0 Å². The van der Waals surface area contributed by atoms with Crippen molar-refractivity contribution in [1.29, 1.82) is 0 Å². The predicted octanol–water partition coefficient (Wildman–Crippen LogP) is 4.43. The lowest BCUT2D eigenvalue weighted by atomic mass is 10.2. The maximum Gasteiger partial charge on any atom is 0.207 e. The molecule has 0 spiro atoms. The Balaban J connectivity index is 1.83. The summed E-state index contributed by atoms with van der Waals surface area (Å²) in [5.41, 5.74) is 2.33. The van der Waals surface area contributed by atoms with Crippen LogP contribution >= 0.6 is 23.5 Å². The molecular weight excluding hydrogens is 260 g/mol. The molecule has 2 aromatic rings. The topological polar surface area (TPSA) is 17.1 Å². The van der Waals surface area contributed by atoms with E-state index in [0.29, 0.717) is 0 Å². The normalized spacial score (nSPS) is 23.2.